The molecule has 0 aromatic heterocycles. The first-order valence-corrected chi connectivity index (χ1v) is 15.1. The highest BCUT2D eigenvalue weighted by Crippen LogP contribution is 2.41. The van der Waals surface area contributed by atoms with Gasteiger partial charge in [-0.15, -0.1) is 0 Å². The minimum atomic E-state index is -0.251. The number of hydrogen-bond acceptors (Lipinski definition) is 3. The lowest BCUT2D eigenvalue weighted by molar-refractivity contribution is 0.0721. The van der Waals surface area contributed by atoms with Gasteiger partial charge in [0.1, 0.15) is 0 Å². The maximum absolute atomic E-state index is 13.6. The SMILES string of the molecule is O=C(NC1CCc2ccc(C(=O)N3CCC4(CCN(CCc5ccccc5)CC4)C3)cc21)c1cccc(Cl)c1Cl. The van der Waals surface area contributed by atoms with Crippen LogP contribution in [0.5, 0.6) is 0 Å². The number of aryl methyl sites for hydroxylation is 1. The van der Waals surface area contributed by atoms with E-state index in [1.165, 1.54) is 11.1 Å². The summed E-state index contributed by atoms with van der Waals surface area (Å²) < 4.78 is 0. The highest BCUT2D eigenvalue weighted by molar-refractivity contribution is 6.43. The van der Waals surface area contributed by atoms with Crippen LogP contribution in [0.25, 0.3) is 0 Å². The molecule has 1 aliphatic carbocycles. The van der Waals surface area contributed by atoms with Crippen LogP contribution in [0.3, 0.4) is 0 Å². The summed E-state index contributed by atoms with van der Waals surface area (Å²) in [4.78, 5) is 31.2. The second-order valence-electron chi connectivity index (χ2n) is 11.6. The monoisotopic (exact) mass is 575 g/mol. The van der Waals surface area contributed by atoms with Crippen molar-refractivity contribution in [1.82, 2.24) is 15.1 Å². The molecule has 3 aromatic carbocycles. The molecule has 2 amide bonds. The standard InChI is InChI=1S/C33H35Cl2N3O2/c34-28-8-4-7-26(30(28)35)31(39)36-29-12-11-24-9-10-25(21-27(24)29)32(40)38-20-16-33(22-38)14-18-37(19-15-33)17-13-23-5-2-1-3-6-23/h1-10,21,29H,11-20,22H2,(H,36,39). The van der Waals surface area contributed by atoms with E-state index in [-0.39, 0.29) is 28.3 Å². The Morgan fingerprint density at radius 1 is 0.925 bits per heavy atom. The number of fused-ring (bicyclic) bond motifs is 1. The second-order valence-corrected chi connectivity index (χ2v) is 12.4. The molecule has 1 N–H and O–H groups in total. The van der Waals surface area contributed by atoms with Crippen LogP contribution < -0.4 is 5.32 Å². The fraction of sp³-hybridized carbons (Fsp3) is 0.394. The molecule has 1 spiro atoms. The fourth-order valence-corrected chi connectivity index (χ4v) is 7.07. The molecule has 0 radical (unpaired) electrons. The van der Waals surface area contributed by atoms with Gasteiger partial charge < -0.3 is 15.1 Å². The summed E-state index contributed by atoms with van der Waals surface area (Å²) in [6, 6.07) is 21.6. The Bertz CT molecular complexity index is 1400. The molecule has 2 aliphatic heterocycles. The number of benzene rings is 3. The number of rotatable bonds is 6. The van der Waals surface area contributed by atoms with Crippen LogP contribution in [0, 0.1) is 5.41 Å². The summed E-state index contributed by atoms with van der Waals surface area (Å²) in [5.41, 5.74) is 4.91. The van der Waals surface area contributed by atoms with E-state index in [1.54, 1.807) is 18.2 Å². The quantitative estimate of drug-likeness (QED) is 0.361. The van der Waals surface area contributed by atoms with Gasteiger partial charge in [0, 0.05) is 25.2 Å². The van der Waals surface area contributed by atoms with Crippen LogP contribution in [0.15, 0.2) is 66.7 Å². The number of piperidine rings is 1. The van der Waals surface area contributed by atoms with Crippen molar-refractivity contribution in [1.29, 1.82) is 0 Å². The van der Waals surface area contributed by atoms with E-state index >= 15 is 0 Å². The molecule has 2 saturated heterocycles. The van der Waals surface area contributed by atoms with Crippen LogP contribution in [0.4, 0.5) is 0 Å². The van der Waals surface area contributed by atoms with Crippen LogP contribution in [0.1, 0.15) is 69.1 Å². The molecule has 1 unspecified atom stereocenters. The van der Waals surface area contributed by atoms with E-state index in [2.05, 4.69) is 51.5 Å². The van der Waals surface area contributed by atoms with Gasteiger partial charge in [-0.05, 0) is 98.0 Å². The van der Waals surface area contributed by atoms with Crippen molar-refractivity contribution in [3.63, 3.8) is 0 Å². The average Bonchev–Trinajstić information content (AvgIpc) is 3.58. The Morgan fingerprint density at radius 2 is 1.70 bits per heavy atom. The molecule has 3 aliphatic rings. The maximum atomic E-state index is 13.6. The first-order valence-electron chi connectivity index (χ1n) is 14.3. The normalized spacial score (nSPS) is 20.1. The van der Waals surface area contributed by atoms with Gasteiger partial charge in [-0.1, -0.05) is 65.7 Å². The number of carbonyl (C=O) groups excluding carboxylic acids is 2. The van der Waals surface area contributed by atoms with Gasteiger partial charge in [-0.3, -0.25) is 9.59 Å². The number of halogens is 2. The lowest BCUT2D eigenvalue weighted by atomic mass is 9.77. The topological polar surface area (TPSA) is 52.7 Å². The number of amides is 2. The van der Waals surface area contributed by atoms with Crippen molar-refractivity contribution >= 4 is 35.0 Å². The van der Waals surface area contributed by atoms with Gasteiger partial charge >= 0.3 is 0 Å². The predicted octanol–water partition coefficient (Wildman–Crippen LogP) is 6.58. The van der Waals surface area contributed by atoms with Gasteiger partial charge in [0.15, 0.2) is 0 Å². The Morgan fingerprint density at radius 3 is 2.50 bits per heavy atom. The Labute approximate surface area is 246 Å². The predicted molar refractivity (Wildman–Crippen MR) is 160 cm³/mol. The summed E-state index contributed by atoms with van der Waals surface area (Å²) in [6.07, 6.45) is 6.13. The zero-order valence-electron chi connectivity index (χ0n) is 22.7. The highest BCUT2D eigenvalue weighted by atomic mass is 35.5. The largest absolute Gasteiger partial charge is 0.345 e. The number of carbonyl (C=O) groups is 2. The van der Waals surface area contributed by atoms with Crippen LogP contribution in [0.2, 0.25) is 10.0 Å². The van der Waals surface area contributed by atoms with Gasteiger partial charge in [0.2, 0.25) is 0 Å². The zero-order chi connectivity index (χ0) is 27.7. The molecule has 1 atom stereocenters. The summed E-state index contributed by atoms with van der Waals surface area (Å²) in [7, 11) is 0. The molecule has 3 aromatic rings. The van der Waals surface area contributed by atoms with E-state index in [0.29, 0.717) is 16.1 Å². The van der Waals surface area contributed by atoms with E-state index < -0.39 is 0 Å². The Hall–Kier alpha value is -2.86. The van der Waals surface area contributed by atoms with Crippen LogP contribution in [-0.4, -0.2) is 54.3 Å². The summed E-state index contributed by atoms with van der Waals surface area (Å²) >= 11 is 12.4. The van der Waals surface area contributed by atoms with Crippen LogP contribution in [-0.2, 0) is 12.8 Å². The number of nitrogens with one attached hydrogen (secondary N) is 1. The Kier molecular flexibility index (Phi) is 7.89. The zero-order valence-corrected chi connectivity index (χ0v) is 24.2. The molecule has 0 bridgehead atoms. The van der Waals surface area contributed by atoms with Crippen molar-refractivity contribution < 1.29 is 9.59 Å². The fourth-order valence-electron chi connectivity index (χ4n) is 6.68. The number of hydrogen-bond donors (Lipinski definition) is 1. The molecule has 40 heavy (non-hydrogen) atoms. The van der Waals surface area contributed by atoms with E-state index in [4.69, 9.17) is 23.2 Å². The molecule has 2 heterocycles. The van der Waals surface area contributed by atoms with Crippen LogP contribution >= 0.6 is 23.2 Å². The molecular formula is C33H35Cl2N3O2. The third-order valence-corrected chi connectivity index (χ3v) is 9.99. The first-order chi connectivity index (χ1) is 19.4. The highest BCUT2D eigenvalue weighted by Gasteiger charge is 2.42. The van der Waals surface area contributed by atoms with Crippen molar-refractivity contribution in [2.75, 3.05) is 32.7 Å². The number of nitrogens with zero attached hydrogens (tertiary/aromatic N) is 2. The summed E-state index contributed by atoms with van der Waals surface area (Å²) in [6.45, 7) is 4.95. The number of likely N-dealkylation sites (tertiary alicyclic amines) is 2. The molecular weight excluding hydrogens is 541 g/mol. The average molecular weight is 577 g/mol. The molecule has 0 saturated carbocycles. The molecule has 2 fully saturated rings. The first kappa shape index (κ1) is 27.3. The van der Waals surface area contributed by atoms with Gasteiger partial charge in [-0.2, -0.15) is 0 Å². The van der Waals surface area contributed by atoms with E-state index in [1.807, 2.05) is 12.1 Å². The lowest BCUT2D eigenvalue weighted by Gasteiger charge is -2.39. The van der Waals surface area contributed by atoms with E-state index in [9.17, 15) is 9.59 Å². The minimum Gasteiger partial charge on any atom is -0.345 e. The summed E-state index contributed by atoms with van der Waals surface area (Å²) in [5, 5.41) is 3.73. The smallest absolute Gasteiger partial charge is 0.253 e. The summed E-state index contributed by atoms with van der Waals surface area (Å²) in [5.74, 6) is -0.153. The second kappa shape index (κ2) is 11.6. The molecule has 5 nitrogen and oxygen atoms in total. The third-order valence-electron chi connectivity index (χ3n) is 9.17. The molecule has 208 valence electrons. The van der Waals surface area contributed by atoms with Crippen molar-refractivity contribution in [3.05, 3.63) is 105 Å². The van der Waals surface area contributed by atoms with Gasteiger partial charge in [0.05, 0.1) is 21.7 Å². The van der Waals surface area contributed by atoms with Gasteiger partial charge in [0.25, 0.3) is 11.8 Å². The van der Waals surface area contributed by atoms with Gasteiger partial charge in [-0.25, -0.2) is 0 Å². The third kappa shape index (κ3) is 5.65. The lowest BCUT2D eigenvalue weighted by Crippen LogP contribution is -2.42. The van der Waals surface area contributed by atoms with E-state index in [0.717, 1.165) is 76.8 Å². The minimum absolute atomic E-state index is 0.0982. The van der Waals surface area contributed by atoms with Crippen molar-refractivity contribution in [2.45, 2.75) is 44.6 Å². The van der Waals surface area contributed by atoms with Crippen molar-refractivity contribution in [2.24, 2.45) is 5.41 Å². The Balaban J connectivity index is 1.07. The van der Waals surface area contributed by atoms with Crippen molar-refractivity contribution in [3.8, 4) is 0 Å². The molecule has 6 rings (SSSR count). The maximum Gasteiger partial charge on any atom is 0.253 e. The molecule has 7 heteroatoms.